The van der Waals surface area contributed by atoms with Gasteiger partial charge in [-0.1, -0.05) is 0 Å². The third kappa shape index (κ3) is 1.84. The van der Waals surface area contributed by atoms with Crippen LogP contribution in [0.15, 0.2) is 11.4 Å². The van der Waals surface area contributed by atoms with Crippen molar-refractivity contribution >= 4 is 11.3 Å². The summed E-state index contributed by atoms with van der Waals surface area (Å²) in [5.41, 5.74) is 1.61. The summed E-state index contributed by atoms with van der Waals surface area (Å²) in [7, 11) is 0. The van der Waals surface area contributed by atoms with Gasteiger partial charge in [0, 0.05) is 29.5 Å². The Hall–Kier alpha value is -0.380. The standard InChI is InChI=1S/C15H22N2S/c1-3-12(11-7-10-18-15(11)5-1)16-13-6-9-17-8-2-4-14(13)17/h7,10,12-14,16H,1-6,8-9H2. The maximum absolute atomic E-state index is 4.00. The molecule has 1 N–H and O–H groups in total. The van der Waals surface area contributed by atoms with Crippen molar-refractivity contribution in [2.24, 2.45) is 0 Å². The molecule has 4 rings (SSSR count). The molecule has 18 heavy (non-hydrogen) atoms. The van der Waals surface area contributed by atoms with Gasteiger partial charge in [-0.05, 0) is 62.1 Å². The third-order valence-electron chi connectivity index (χ3n) is 5.07. The van der Waals surface area contributed by atoms with Crippen LogP contribution < -0.4 is 5.32 Å². The topological polar surface area (TPSA) is 15.3 Å². The van der Waals surface area contributed by atoms with Crippen molar-refractivity contribution in [2.45, 2.75) is 56.7 Å². The van der Waals surface area contributed by atoms with Crippen LogP contribution in [0.3, 0.4) is 0 Å². The van der Waals surface area contributed by atoms with E-state index >= 15 is 0 Å². The zero-order valence-corrected chi connectivity index (χ0v) is 11.7. The number of rotatable bonds is 2. The van der Waals surface area contributed by atoms with E-state index in [0.29, 0.717) is 6.04 Å². The Balaban J connectivity index is 1.50. The van der Waals surface area contributed by atoms with Crippen LogP contribution >= 0.6 is 11.3 Å². The molecule has 98 valence electrons. The largest absolute Gasteiger partial charge is 0.306 e. The van der Waals surface area contributed by atoms with Crippen molar-refractivity contribution < 1.29 is 0 Å². The zero-order chi connectivity index (χ0) is 11.9. The fourth-order valence-corrected chi connectivity index (χ4v) is 5.18. The molecule has 3 unspecified atom stereocenters. The minimum atomic E-state index is 0.644. The molecule has 1 aromatic rings. The number of hydrogen-bond acceptors (Lipinski definition) is 3. The van der Waals surface area contributed by atoms with Crippen LogP contribution in [0.5, 0.6) is 0 Å². The summed E-state index contributed by atoms with van der Waals surface area (Å²) >= 11 is 1.96. The van der Waals surface area contributed by atoms with Crippen molar-refractivity contribution in [1.82, 2.24) is 10.2 Å². The maximum Gasteiger partial charge on any atom is 0.0334 e. The second kappa shape index (κ2) is 4.62. The molecule has 3 heterocycles. The van der Waals surface area contributed by atoms with Crippen LogP contribution in [0.2, 0.25) is 0 Å². The Morgan fingerprint density at radius 3 is 3.17 bits per heavy atom. The Morgan fingerprint density at radius 1 is 1.17 bits per heavy atom. The van der Waals surface area contributed by atoms with Crippen molar-refractivity contribution in [3.05, 3.63) is 21.9 Å². The molecule has 1 aliphatic carbocycles. The summed E-state index contributed by atoms with van der Waals surface area (Å²) in [6, 6.07) is 4.60. The van der Waals surface area contributed by atoms with E-state index in [-0.39, 0.29) is 0 Å². The van der Waals surface area contributed by atoms with Gasteiger partial charge >= 0.3 is 0 Å². The predicted octanol–water partition coefficient (Wildman–Crippen LogP) is 2.95. The number of aryl methyl sites for hydroxylation is 1. The zero-order valence-electron chi connectivity index (χ0n) is 10.9. The highest BCUT2D eigenvalue weighted by Crippen LogP contribution is 2.36. The molecule has 3 atom stereocenters. The Labute approximate surface area is 113 Å². The summed E-state index contributed by atoms with van der Waals surface area (Å²) in [6.07, 6.45) is 8.21. The number of hydrogen-bond donors (Lipinski definition) is 1. The minimum absolute atomic E-state index is 0.644. The van der Waals surface area contributed by atoms with E-state index in [1.807, 2.05) is 11.3 Å². The molecule has 1 aromatic heterocycles. The first-order chi connectivity index (χ1) is 8.92. The summed E-state index contributed by atoms with van der Waals surface area (Å²) in [5, 5.41) is 6.28. The Bertz CT molecular complexity index is 428. The molecule has 2 aliphatic heterocycles. The van der Waals surface area contributed by atoms with Gasteiger partial charge in [-0.3, -0.25) is 4.90 Å². The average Bonchev–Trinajstić information content (AvgIpc) is 3.06. The molecule has 0 bridgehead atoms. The smallest absolute Gasteiger partial charge is 0.0334 e. The van der Waals surface area contributed by atoms with Gasteiger partial charge < -0.3 is 5.32 Å². The molecule has 0 amide bonds. The van der Waals surface area contributed by atoms with E-state index in [1.165, 1.54) is 51.6 Å². The van der Waals surface area contributed by atoms with Gasteiger partial charge in [-0.25, -0.2) is 0 Å². The first-order valence-corrected chi connectivity index (χ1v) is 8.36. The van der Waals surface area contributed by atoms with E-state index in [4.69, 9.17) is 0 Å². The molecular weight excluding hydrogens is 240 g/mol. The summed E-state index contributed by atoms with van der Waals surface area (Å²) in [4.78, 5) is 4.34. The first-order valence-electron chi connectivity index (χ1n) is 7.48. The van der Waals surface area contributed by atoms with Gasteiger partial charge in [-0.2, -0.15) is 0 Å². The minimum Gasteiger partial charge on any atom is -0.306 e. The van der Waals surface area contributed by atoms with Gasteiger partial charge in [-0.15, -0.1) is 11.3 Å². The number of nitrogens with zero attached hydrogens (tertiary/aromatic N) is 1. The lowest BCUT2D eigenvalue weighted by Crippen LogP contribution is -2.41. The molecule has 2 saturated heterocycles. The second-order valence-corrected chi connectivity index (χ2v) is 7.05. The lowest BCUT2D eigenvalue weighted by atomic mass is 9.92. The number of fused-ring (bicyclic) bond motifs is 2. The van der Waals surface area contributed by atoms with Gasteiger partial charge in [0.05, 0.1) is 0 Å². The van der Waals surface area contributed by atoms with Gasteiger partial charge in [0.2, 0.25) is 0 Å². The Morgan fingerprint density at radius 2 is 2.17 bits per heavy atom. The van der Waals surface area contributed by atoms with Gasteiger partial charge in [0.1, 0.15) is 0 Å². The maximum atomic E-state index is 4.00. The van der Waals surface area contributed by atoms with Crippen LogP contribution in [0.1, 0.15) is 48.6 Å². The molecule has 3 aliphatic rings. The molecule has 0 spiro atoms. The predicted molar refractivity (Wildman–Crippen MR) is 76.1 cm³/mol. The quantitative estimate of drug-likeness (QED) is 0.881. The molecule has 2 fully saturated rings. The third-order valence-corrected chi connectivity index (χ3v) is 6.07. The van der Waals surface area contributed by atoms with Crippen molar-refractivity contribution in [1.29, 1.82) is 0 Å². The fourth-order valence-electron chi connectivity index (χ4n) is 4.19. The fraction of sp³-hybridized carbons (Fsp3) is 0.733. The van der Waals surface area contributed by atoms with Gasteiger partial charge in [0.15, 0.2) is 0 Å². The molecule has 2 nitrogen and oxygen atoms in total. The first kappa shape index (κ1) is 11.4. The van der Waals surface area contributed by atoms with E-state index in [0.717, 1.165) is 12.1 Å². The number of nitrogens with one attached hydrogen (secondary N) is 1. The summed E-state index contributed by atoms with van der Waals surface area (Å²) in [5.74, 6) is 0. The van der Waals surface area contributed by atoms with Crippen LogP contribution in [0.4, 0.5) is 0 Å². The molecule has 3 heteroatoms. The van der Waals surface area contributed by atoms with E-state index in [9.17, 15) is 0 Å². The lowest BCUT2D eigenvalue weighted by Gasteiger charge is -2.30. The van der Waals surface area contributed by atoms with Crippen LogP contribution in [-0.2, 0) is 6.42 Å². The van der Waals surface area contributed by atoms with Crippen LogP contribution in [0.25, 0.3) is 0 Å². The average molecular weight is 262 g/mol. The summed E-state index contributed by atoms with van der Waals surface area (Å²) < 4.78 is 0. The van der Waals surface area contributed by atoms with E-state index < -0.39 is 0 Å². The molecule has 0 radical (unpaired) electrons. The molecule has 0 saturated carbocycles. The van der Waals surface area contributed by atoms with Crippen molar-refractivity contribution in [3.63, 3.8) is 0 Å². The normalized spacial score (nSPS) is 35.7. The summed E-state index contributed by atoms with van der Waals surface area (Å²) in [6.45, 7) is 2.67. The van der Waals surface area contributed by atoms with Crippen molar-refractivity contribution in [3.8, 4) is 0 Å². The molecular formula is C15H22N2S. The Kier molecular flexibility index (Phi) is 2.94. The van der Waals surface area contributed by atoms with Gasteiger partial charge in [0.25, 0.3) is 0 Å². The highest BCUT2D eigenvalue weighted by atomic mass is 32.1. The molecule has 0 aromatic carbocycles. The second-order valence-electron chi connectivity index (χ2n) is 6.05. The van der Waals surface area contributed by atoms with Crippen LogP contribution in [0, 0.1) is 0 Å². The van der Waals surface area contributed by atoms with Crippen LogP contribution in [-0.4, -0.2) is 30.1 Å². The lowest BCUT2D eigenvalue weighted by molar-refractivity contribution is 0.283. The van der Waals surface area contributed by atoms with E-state index in [1.54, 1.807) is 10.4 Å². The van der Waals surface area contributed by atoms with E-state index in [2.05, 4.69) is 21.7 Å². The number of thiophene rings is 1. The SMILES string of the molecule is c1cc2c(s1)CCCC2NC1CCN2CCCC12. The van der Waals surface area contributed by atoms with Crippen molar-refractivity contribution in [2.75, 3.05) is 13.1 Å². The highest BCUT2D eigenvalue weighted by molar-refractivity contribution is 7.10. The highest BCUT2D eigenvalue weighted by Gasteiger charge is 2.38. The monoisotopic (exact) mass is 262 g/mol.